The summed E-state index contributed by atoms with van der Waals surface area (Å²) in [5.74, 6) is -0.0562. The van der Waals surface area contributed by atoms with Crippen LogP contribution in [0.4, 0.5) is 0 Å². The predicted octanol–water partition coefficient (Wildman–Crippen LogP) is 6.76. The second-order valence-corrected chi connectivity index (χ2v) is 8.32. The van der Waals surface area contributed by atoms with Gasteiger partial charge in [0.15, 0.2) is 0 Å². The predicted molar refractivity (Wildman–Crippen MR) is 124 cm³/mol. The number of unbranched alkanes of at least 4 members (excludes halogenated alkanes) is 6. The molecule has 0 saturated carbocycles. The monoisotopic (exact) mass is 401 g/mol. The Labute approximate surface area is 178 Å². The van der Waals surface area contributed by atoms with Gasteiger partial charge in [0.2, 0.25) is 0 Å². The molecule has 0 heterocycles. The maximum absolute atomic E-state index is 11.4. The third-order valence-electron chi connectivity index (χ3n) is 5.87. The minimum atomic E-state index is -0.684. The zero-order chi connectivity index (χ0) is 21.2. The molecule has 3 N–H and O–H groups in total. The molecule has 3 heteroatoms. The van der Waals surface area contributed by atoms with Crippen molar-refractivity contribution in [2.45, 2.75) is 90.4 Å². The molecule has 1 rings (SSSR count). The number of allylic oxidation sites excluding steroid dienone is 2. The fourth-order valence-electron chi connectivity index (χ4n) is 4.15. The molecule has 164 valence electrons. The highest BCUT2D eigenvalue weighted by atomic mass is 16.4. The van der Waals surface area contributed by atoms with Crippen LogP contribution < -0.4 is 5.73 Å². The molecule has 0 aliphatic heterocycles. The summed E-state index contributed by atoms with van der Waals surface area (Å²) in [6.07, 6.45) is 18.8. The van der Waals surface area contributed by atoms with E-state index < -0.39 is 5.97 Å². The summed E-state index contributed by atoms with van der Waals surface area (Å²) >= 11 is 0. The molecule has 0 aliphatic rings. The Kier molecular flexibility index (Phi) is 15.1. The highest BCUT2D eigenvalue weighted by Crippen LogP contribution is 2.29. The summed E-state index contributed by atoms with van der Waals surface area (Å²) < 4.78 is 0. The molecule has 0 aromatic heterocycles. The molecular formula is C26H43NO2. The molecule has 0 fully saturated rings. The minimum Gasteiger partial charge on any atom is -0.481 e. The Bertz CT molecular complexity index is 541. The molecule has 1 aromatic rings. The van der Waals surface area contributed by atoms with Gasteiger partial charge in [0.25, 0.3) is 0 Å². The van der Waals surface area contributed by atoms with Gasteiger partial charge in [-0.05, 0) is 68.9 Å². The number of carboxylic acids is 1. The number of benzene rings is 1. The molecule has 2 unspecified atom stereocenters. The number of nitrogens with two attached hydrogens (primary N) is 1. The number of carboxylic acid groups (broad SMARTS) is 1. The molecule has 0 aliphatic carbocycles. The summed E-state index contributed by atoms with van der Waals surface area (Å²) in [4.78, 5) is 11.4. The van der Waals surface area contributed by atoms with E-state index in [1.807, 2.05) is 6.07 Å². The fraction of sp³-hybridized carbons (Fsp3) is 0.654. The highest BCUT2D eigenvalue weighted by Gasteiger charge is 2.23. The van der Waals surface area contributed by atoms with Crippen LogP contribution in [-0.2, 0) is 11.2 Å². The standard InChI is InChI=1S/C26H43NO2/c1-2-3-4-5-6-7-8-9-10-14-17-24(20-21-27)25(22-26(28)29)19-18-23-15-12-11-13-16-23/h7-8,11-13,15-16,24-25H,2-6,9-10,14,17-22,27H2,1H3,(H,28,29). The largest absolute Gasteiger partial charge is 0.481 e. The first-order valence-electron chi connectivity index (χ1n) is 11.8. The molecule has 0 amide bonds. The van der Waals surface area contributed by atoms with Crippen LogP contribution in [0.15, 0.2) is 42.5 Å². The Morgan fingerprint density at radius 1 is 0.931 bits per heavy atom. The van der Waals surface area contributed by atoms with E-state index in [1.165, 1.54) is 44.1 Å². The Balaban J connectivity index is 2.40. The molecule has 1 aromatic carbocycles. The number of hydrogen-bond acceptors (Lipinski definition) is 2. The number of aliphatic carboxylic acids is 1. The first-order valence-corrected chi connectivity index (χ1v) is 11.8. The van der Waals surface area contributed by atoms with E-state index in [4.69, 9.17) is 5.73 Å². The Hall–Kier alpha value is -1.61. The first-order chi connectivity index (χ1) is 14.2. The van der Waals surface area contributed by atoms with E-state index in [9.17, 15) is 9.90 Å². The number of hydrogen-bond donors (Lipinski definition) is 2. The molecule has 2 atom stereocenters. The number of carbonyl (C=O) groups is 1. The normalized spacial score (nSPS) is 13.6. The lowest BCUT2D eigenvalue weighted by molar-refractivity contribution is -0.138. The van der Waals surface area contributed by atoms with Crippen molar-refractivity contribution in [1.82, 2.24) is 0 Å². The lowest BCUT2D eigenvalue weighted by Crippen LogP contribution is -2.22. The highest BCUT2D eigenvalue weighted by molar-refractivity contribution is 5.67. The molecule has 29 heavy (non-hydrogen) atoms. The molecule has 0 saturated heterocycles. The topological polar surface area (TPSA) is 63.3 Å². The van der Waals surface area contributed by atoms with Gasteiger partial charge in [0, 0.05) is 6.42 Å². The van der Waals surface area contributed by atoms with Crippen LogP contribution in [0.3, 0.4) is 0 Å². The Morgan fingerprint density at radius 2 is 1.62 bits per heavy atom. The summed E-state index contributed by atoms with van der Waals surface area (Å²) in [7, 11) is 0. The van der Waals surface area contributed by atoms with E-state index in [-0.39, 0.29) is 12.3 Å². The van der Waals surface area contributed by atoms with Gasteiger partial charge in [-0.15, -0.1) is 0 Å². The van der Waals surface area contributed by atoms with E-state index in [0.29, 0.717) is 12.5 Å². The van der Waals surface area contributed by atoms with Gasteiger partial charge in [-0.3, -0.25) is 4.79 Å². The van der Waals surface area contributed by atoms with Crippen LogP contribution in [0.25, 0.3) is 0 Å². The van der Waals surface area contributed by atoms with Gasteiger partial charge < -0.3 is 10.8 Å². The average molecular weight is 402 g/mol. The maximum Gasteiger partial charge on any atom is 0.303 e. The first kappa shape index (κ1) is 25.4. The van der Waals surface area contributed by atoms with E-state index >= 15 is 0 Å². The van der Waals surface area contributed by atoms with Crippen LogP contribution in [-0.4, -0.2) is 17.6 Å². The van der Waals surface area contributed by atoms with Gasteiger partial charge in [0.05, 0.1) is 0 Å². The summed E-state index contributed by atoms with van der Waals surface area (Å²) in [6.45, 7) is 2.89. The van der Waals surface area contributed by atoms with Crippen LogP contribution in [0.2, 0.25) is 0 Å². The molecular weight excluding hydrogens is 358 g/mol. The van der Waals surface area contributed by atoms with Crippen LogP contribution in [0.5, 0.6) is 0 Å². The molecule has 0 bridgehead atoms. The second kappa shape index (κ2) is 17.3. The lowest BCUT2D eigenvalue weighted by Gasteiger charge is -2.26. The van der Waals surface area contributed by atoms with E-state index in [0.717, 1.165) is 38.5 Å². The van der Waals surface area contributed by atoms with Gasteiger partial charge in [-0.1, -0.05) is 81.5 Å². The van der Waals surface area contributed by atoms with Crippen molar-refractivity contribution < 1.29 is 9.90 Å². The zero-order valence-corrected chi connectivity index (χ0v) is 18.5. The minimum absolute atomic E-state index is 0.213. The molecule has 0 spiro atoms. The van der Waals surface area contributed by atoms with Crippen molar-refractivity contribution in [1.29, 1.82) is 0 Å². The number of aryl methyl sites for hydroxylation is 1. The van der Waals surface area contributed by atoms with Gasteiger partial charge in [-0.2, -0.15) is 0 Å². The van der Waals surface area contributed by atoms with Crippen LogP contribution in [0.1, 0.15) is 89.5 Å². The van der Waals surface area contributed by atoms with Crippen molar-refractivity contribution in [3.8, 4) is 0 Å². The summed E-state index contributed by atoms with van der Waals surface area (Å²) in [5.41, 5.74) is 7.16. The van der Waals surface area contributed by atoms with E-state index in [1.54, 1.807) is 0 Å². The summed E-state index contributed by atoms with van der Waals surface area (Å²) in [6, 6.07) is 10.4. The van der Waals surface area contributed by atoms with Crippen molar-refractivity contribution in [2.24, 2.45) is 17.6 Å². The van der Waals surface area contributed by atoms with Crippen molar-refractivity contribution in [2.75, 3.05) is 6.54 Å². The molecule has 3 nitrogen and oxygen atoms in total. The van der Waals surface area contributed by atoms with Gasteiger partial charge in [-0.25, -0.2) is 0 Å². The Morgan fingerprint density at radius 3 is 2.24 bits per heavy atom. The van der Waals surface area contributed by atoms with Gasteiger partial charge in [0.1, 0.15) is 0 Å². The van der Waals surface area contributed by atoms with Crippen molar-refractivity contribution >= 4 is 5.97 Å². The van der Waals surface area contributed by atoms with E-state index in [2.05, 4.69) is 43.3 Å². The van der Waals surface area contributed by atoms with Crippen molar-refractivity contribution in [3.63, 3.8) is 0 Å². The smallest absolute Gasteiger partial charge is 0.303 e. The maximum atomic E-state index is 11.4. The fourth-order valence-corrected chi connectivity index (χ4v) is 4.15. The van der Waals surface area contributed by atoms with Crippen molar-refractivity contribution in [3.05, 3.63) is 48.0 Å². The zero-order valence-electron chi connectivity index (χ0n) is 18.5. The van der Waals surface area contributed by atoms with Gasteiger partial charge >= 0.3 is 5.97 Å². The third kappa shape index (κ3) is 13.3. The summed E-state index contributed by atoms with van der Waals surface area (Å²) in [5, 5.41) is 9.40. The average Bonchev–Trinajstić information content (AvgIpc) is 2.72. The second-order valence-electron chi connectivity index (χ2n) is 8.32. The van der Waals surface area contributed by atoms with Crippen LogP contribution in [0, 0.1) is 11.8 Å². The molecule has 0 radical (unpaired) electrons. The quantitative estimate of drug-likeness (QED) is 0.211. The lowest BCUT2D eigenvalue weighted by atomic mass is 9.80. The number of rotatable bonds is 18. The third-order valence-corrected chi connectivity index (χ3v) is 5.87. The SMILES string of the molecule is CCCCCCC=CCCCCC(CCN)C(CCc1ccccc1)CC(=O)O. The van der Waals surface area contributed by atoms with Crippen LogP contribution >= 0.6 is 0 Å².